The first-order valence-corrected chi connectivity index (χ1v) is 8.48. The Hall–Kier alpha value is -1.36. The summed E-state index contributed by atoms with van der Waals surface area (Å²) < 4.78 is 9.82. The van der Waals surface area contributed by atoms with Gasteiger partial charge in [-0.1, -0.05) is 41.4 Å². The Labute approximate surface area is 140 Å². The summed E-state index contributed by atoms with van der Waals surface area (Å²) in [4.78, 5) is 22.8. The summed E-state index contributed by atoms with van der Waals surface area (Å²) in [6, 6.07) is 7.34. The largest absolute Gasteiger partial charge is 0.465 e. The molecule has 0 saturated heterocycles. The quantitative estimate of drug-likeness (QED) is 0.375. The first kappa shape index (κ1) is 18.7. The molecular formula is C17H23BrO4. The number of ether oxygens (including phenoxy) is 2. The third kappa shape index (κ3) is 6.60. The number of hydrogen-bond donors (Lipinski definition) is 0. The molecule has 5 heteroatoms. The summed E-state index contributed by atoms with van der Waals surface area (Å²) in [5.74, 6) is -0.517. The Morgan fingerprint density at radius 3 is 2.45 bits per heavy atom. The second kappa shape index (κ2) is 10.4. The van der Waals surface area contributed by atoms with Crippen molar-refractivity contribution in [2.75, 3.05) is 13.7 Å². The molecule has 0 fully saturated rings. The lowest BCUT2D eigenvalue weighted by Gasteiger charge is -2.10. The Balaban J connectivity index is 2.31. The molecule has 1 aromatic rings. The Morgan fingerprint density at radius 2 is 1.86 bits per heavy atom. The van der Waals surface area contributed by atoms with Gasteiger partial charge in [-0.2, -0.15) is 0 Å². The maximum absolute atomic E-state index is 11.7. The molecule has 1 unspecified atom stereocenters. The van der Waals surface area contributed by atoms with Gasteiger partial charge in [0.05, 0.1) is 19.3 Å². The summed E-state index contributed by atoms with van der Waals surface area (Å²) in [6.07, 6.45) is 4.37. The van der Waals surface area contributed by atoms with Gasteiger partial charge in [0.1, 0.15) is 4.83 Å². The van der Waals surface area contributed by atoms with E-state index in [0.29, 0.717) is 12.2 Å². The van der Waals surface area contributed by atoms with Gasteiger partial charge in [0.15, 0.2) is 0 Å². The van der Waals surface area contributed by atoms with Crippen molar-refractivity contribution >= 4 is 27.9 Å². The lowest BCUT2D eigenvalue weighted by Crippen LogP contribution is -2.18. The molecule has 0 bridgehead atoms. The molecule has 0 aromatic heterocycles. The molecule has 0 amide bonds. The van der Waals surface area contributed by atoms with Crippen LogP contribution in [0.25, 0.3) is 0 Å². The Bertz CT molecular complexity index is 470. The number of rotatable bonds is 9. The smallest absolute Gasteiger partial charge is 0.337 e. The van der Waals surface area contributed by atoms with Crippen LogP contribution in [-0.2, 0) is 20.7 Å². The van der Waals surface area contributed by atoms with Crippen molar-refractivity contribution in [1.29, 1.82) is 0 Å². The summed E-state index contributed by atoms with van der Waals surface area (Å²) in [5, 5.41) is 0. The molecule has 0 spiro atoms. The number of unbranched alkanes of at least 4 members (excludes halogenated alkanes) is 1. The van der Waals surface area contributed by atoms with Crippen LogP contribution in [0, 0.1) is 0 Å². The first-order chi connectivity index (χ1) is 10.6. The van der Waals surface area contributed by atoms with Crippen molar-refractivity contribution in [3.63, 3.8) is 0 Å². The number of alkyl halides is 1. The van der Waals surface area contributed by atoms with Gasteiger partial charge in [-0.05, 0) is 43.4 Å². The molecule has 4 nitrogen and oxygen atoms in total. The van der Waals surface area contributed by atoms with Gasteiger partial charge in [-0.3, -0.25) is 4.79 Å². The van der Waals surface area contributed by atoms with Crippen LogP contribution in [0.15, 0.2) is 24.3 Å². The van der Waals surface area contributed by atoms with Gasteiger partial charge < -0.3 is 9.47 Å². The molecule has 122 valence electrons. The Morgan fingerprint density at radius 1 is 1.18 bits per heavy atom. The molecule has 0 aliphatic heterocycles. The van der Waals surface area contributed by atoms with Crippen LogP contribution in [0.3, 0.4) is 0 Å². The van der Waals surface area contributed by atoms with E-state index >= 15 is 0 Å². The minimum atomic E-state index is -0.332. The number of aryl methyl sites for hydroxylation is 1. The fourth-order valence-electron chi connectivity index (χ4n) is 1.94. The number of benzene rings is 1. The van der Waals surface area contributed by atoms with Crippen molar-refractivity contribution in [2.45, 2.75) is 43.9 Å². The number of esters is 2. The average molecular weight is 371 g/mol. The molecule has 0 aliphatic rings. The highest BCUT2D eigenvalue weighted by molar-refractivity contribution is 9.10. The standard InChI is InChI=1S/C17H23BrO4/c1-3-4-12-22-17(20)15(18)7-5-6-13-8-10-14(11-9-13)16(19)21-2/h8-11,15H,3-7,12H2,1-2H3. The fourth-order valence-corrected chi connectivity index (χ4v) is 2.39. The van der Waals surface area contributed by atoms with E-state index in [4.69, 9.17) is 4.74 Å². The molecular weight excluding hydrogens is 348 g/mol. The fraction of sp³-hybridized carbons (Fsp3) is 0.529. The van der Waals surface area contributed by atoms with Gasteiger partial charge in [-0.15, -0.1) is 0 Å². The van der Waals surface area contributed by atoms with Gasteiger partial charge in [-0.25, -0.2) is 4.79 Å². The average Bonchev–Trinajstić information content (AvgIpc) is 2.54. The Kier molecular flexibility index (Phi) is 8.82. The number of halogens is 1. The molecule has 0 N–H and O–H groups in total. The lowest BCUT2D eigenvalue weighted by molar-refractivity contribution is -0.143. The van der Waals surface area contributed by atoms with E-state index in [2.05, 4.69) is 27.6 Å². The van der Waals surface area contributed by atoms with Crippen LogP contribution >= 0.6 is 15.9 Å². The highest BCUT2D eigenvalue weighted by Gasteiger charge is 2.15. The third-order valence-corrected chi connectivity index (χ3v) is 4.13. The van der Waals surface area contributed by atoms with Crippen LogP contribution < -0.4 is 0 Å². The van der Waals surface area contributed by atoms with Gasteiger partial charge >= 0.3 is 11.9 Å². The van der Waals surface area contributed by atoms with Crippen LogP contribution in [0.1, 0.15) is 48.5 Å². The summed E-state index contributed by atoms with van der Waals surface area (Å²) in [7, 11) is 1.37. The molecule has 0 aliphatic carbocycles. The SMILES string of the molecule is CCCCOC(=O)C(Br)CCCc1ccc(C(=O)OC)cc1. The van der Waals surface area contributed by atoms with Crippen LogP contribution in [0.2, 0.25) is 0 Å². The zero-order chi connectivity index (χ0) is 16.4. The first-order valence-electron chi connectivity index (χ1n) is 7.56. The zero-order valence-electron chi connectivity index (χ0n) is 13.1. The van der Waals surface area contributed by atoms with Crippen LogP contribution in [0.4, 0.5) is 0 Å². The maximum Gasteiger partial charge on any atom is 0.337 e. The highest BCUT2D eigenvalue weighted by Crippen LogP contribution is 2.14. The number of carbonyl (C=O) groups excluding carboxylic acids is 2. The van der Waals surface area contributed by atoms with Crippen molar-refractivity contribution in [2.24, 2.45) is 0 Å². The van der Waals surface area contributed by atoms with Crippen molar-refractivity contribution < 1.29 is 19.1 Å². The van der Waals surface area contributed by atoms with E-state index in [0.717, 1.165) is 37.7 Å². The minimum Gasteiger partial charge on any atom is -0.465 e. The van der Waals surface area contributed by atoms with Crippen molar-refractivity contribution in [3.05, 3.63) is 35.4 Å². The van der Waals surface area contributed by atoms with Crippen molar-refractivity contribution in [3.8, 4) is 0 Å². The lowest BCUT2D eigenvalue weighted by atomic mass is 10.1. The predicted molar refractivity (Wildman–Crippen MR) is 89.3 cm³/mol. The maximum atomic E-state index is 11.7. The topological polar surface area (TPSA) is 52.6 Å². The zero-order valence-corrected chi connectivity index (χ0v) is 14.7. The highest BCUT2D eigenvalue weighted by atomic mass is 79.9. The molecule has 0 heterocycles. The van der Waals surface area contributed by atoms with E-state index in [1.54, 1.807) is 12.1 Å². The number of hydrogen-bond acceptors (Lipinski definition) is 4. The second-order valence-electron chi connectivity index (χ2n) is 5.07. The number of methoxy groups -OCH3 is 1. The van der Waals surface area contributed by atoms with E-state index in [9.17, 15) is 9.59 Å². The van der Waals surface area contributed by atoms with Crippen LogP contribution in [0.5, 0.6) is 0 Å². The molecule has 1 aromatic carbocycles. The monoisotopic (exact) mass is 370 g/mol. The van der Waals surface area contributed by atoms with Gasteiger partial charge in [0.2, 0.25) is 0 Å². The molecule has 0 saturated carbocycles. The summed E-state index contributed by atoms with van der Waals surface area (Å²) in [5.41, 5.74) is 1.68. The molecule has 22 heavy (non-hydrogen) atoms. The predicted octanol–water partition coefficient (Wildman–Crippen LogP) is 3.90. The second-order valence-corrected chi connectivity index (χ2v) is 6.17. The van der Waals surface area contributed by atoms with E-state index in [1.807, 2.05) is 12.1 Å². The molecule has 0 radical (unpaired) electrons. The molecule has 1 rings (SSSR count). The normalized spacial score (nSPS) is 11.8. The van der Waals surface area contributed by atoms with E-state index < -0.39 is 0 Å². The molecule has 1 atom stereocenters. The van der Waals surface area contributed by atoms with Crippen molar-refractivity contribution in [1.82, 2.24) is 0 Å². The summed E-state index contributed by atoms with van der Waals surface area (Å²) >= 11 is 3.37. The van der Waals surface area contributed by atoms with Gasteiger partial charge in [0, 0.05) is 0 Å². The summed E-state index contributed by atoms with van der Waals surface area (Å²) in [6.45, 7) is 2.55. The third-order valence-electron chi connectivity index (χ3n) is 3.30. The van der Waals surface area contributed by atoms with E-state index in [-0.39, 0.29) is 16.8 Å². The van der Waals surface area contributed by atoms with Gasteiger partial charge in [0.25, 0.3) is 0 Å². The minimum absolute atomic E-state index is 0.186. The van der Waals surface area contributed by atoms with E-state index in [1.165, 1.54) is 7.11 Å². The number of carbonyl (C=O) groups is 2. The van der Waals surface area contributed by atoms with Crippen LogP contribution in [-0.4, -0.2) is 30.5 Å².